The molecule has 1 N–H and O–H groups in total. The third kappa shape index (κ3) is 5.19. The predicted octanol–water partition coefficient (Wildman–Crippen LogP) is 2.47. The molecule has 2 aromatic carbocycles. The number of aliphatic hydroxyl groups is 1. The molecule has 0 aliphatic carbocycles. The van der Waals surface area contributed by atoms with Crippen LogP contribution >= 0.6 is 0 Å². The van der Waals surface area contributed by atoms with Crippen LogP contribution in [0.15, 0.2) is 47.4 Å². The van der Waals surface area contributed by atoms with Gasteiger partial charge in [-0.25, -0.2) is 8.42 Å². The normalized spacial score (nSPS) is 21.0. The highest BCUT2D eigenvalue weighted by molar-refractivity contribution is 7.89. The van der Waals surface area contributed by atoms with Crippen molar-refractivity contribution in [1.29, 1.82) is 5.26 Å². The molecule has 176 valence electrons. The van der Waals surface area contributed by atoms with Crippen LogP contribution in [0, 0.1) is 17.2 Å². The number of hydrogen-bond donors (Lipinski definition) is 1. The quantitative estimate of drug-likeness (QED) is 0.717. The fraction of sp³-hybridized carbons (Fsp3) is 0.417. The Morgan fingerprint density at radius 2 is 1.91 bits per heavy atom. The Balaban J connectivity index is 2.13. The lowest BCUT2D eigenvalue weighted by atomic mass is 10.0. The van der Waals surface area contributed by atoms with E-state index in [1.54, 1.807) is 55.3 Å². The van der Waals surface area contributed by atoms with Crippen LogP contribution in [0.1, 0.15) is 26.3 Å². The number of sulfonamides is 1. The van der Waals surface area contributed by atoms with Gasteiger partial charge in [0, 0.05) is 32.5 Å². The van der Waals surface area contributed by atoms with Gasteiger partial charge in [-0.2, -0.15) is 9.57 Å². The second-order valence-electron chi connectivity index (χ2n) is 8.49. The van der Waals surface area contributed by atoms with E-state index < -0.39 is 22.2 Å². The van der Waals surface area contributed by atoms with Crippen molar-refractivity contribution in [3.8, 4) is 22.9 Å². The second-order valence-corrected chi connectivity index (χ2v) is 10.3. The van der Waals surface area contributed by atoms with Gasteiger partial charge in [0.15, 0.2) is 0 Å². The lowest BCUT2D eigenvalue weighted by Crippen LogP contribution is -2.50. The van der Waals surface area contributed by atoms with Crippen LogP contribution in [0.3, 0.4) is 0 Å². The molecule has 3 rings (SSSR count). The van der Waals surface area contributed by atoms with Crippen molar-refractivity contribution in [1.82, 2.24) is 9.21 Å². The maximum atomic E-state index is 13.5. The third-order valence-electron chi connectivity index (χ3n) is 6.01. The van der Waals surface area contributed by atoms with Crippen molar-refractivity contribution in [2.75, 3.05) is 26.7 Å². The van der Waals surface area contributed by atoms with Gasteiger partial charge in [-0.1, -0.05) is 25.1 Å². The van der Waals surface area contributed by atoms with Crippen LogP contribution in [-0.2, 0) is 14.8 Å². The van der Waals surface area contributed by atoms with Crippen molar-refractivity contribution in [3.05, 3.63) is 48.0 Å². The summed E-state index contributed by atoms with van der Waals surface area (Å²) in [6.45, 7) is 5.13. The van der Waals surface area contributed by atoms with E-state index >= 15 is 0 Å². The van der Waals surface area contributed by atoms with E-state index in [1.165, 1.54) is 17.3 Å². The van der Waals surface area contributed by atoms with Crippen molar-refractivity contribution in [3.63, 3.8) is 0 Å². The van der Waals surface area contributed by atoms with Gasteiger partial charge in [0.2, 0.25) is 15.9 Å². The molecule has 8 nitrogen and oxygen atoms in total. The highest BCUT2D eigenvalue weighted by Crippen LogP contribution is 2.36. The molecule has 9 heteroatoms. The number of fused-ring (bicyclic) bond motifs is 1. The second kappa shape index (κ2) is 9.91. The SMILES string of the molecule is CC(=O)N(C)C[C@H]1Oc2cc(-c3ccc(C#N)cc3)ccc2S(=O)(=O)N([C@H](C)CO)C[C@H]1C. The van der Waals surface area contributed by atoms with Crippen molar-refractivity contribution in [2.24, 2.45) is 5.92 Å². The summed E-state index contributed by atoms with van der Waals surface area (Å²) < 4.78 is 34.6. The molecule has 0 saturated carbocycles. The zero-order valence-corrected chi connectivity index (χ0v) is 20.0. The van der Waals surface area contributed by atoms with Gasteiger partial charge >= 0.3 is 0 Å². The van der Waals surface area contributed by atoms with Crippen LogP contribution in [0.5, 0.6) is 5.75 Å². The van der Waals surface area contributed by atoms with Crippen molar-refractivity contribution < 1.29 is 23.1 Å². The zero-order valence-electron chi connectivity index (χ0n) is 19.2. The highest BCUT2D eigenvalue weighted by atomic mass is 32.2. The minimum absolute atomic E-state index is 0.0163. The predicted molar refractivity (Wildman–Crippen MR) is 124 cm³/mol. The van der Waals surface area contributed by atoms with E-state index in [9.17, 15) is 18.3 Å². The Morgan fingerprint density at radius 3 is 2.48 bits per heavy atom. The molecule has 1 amide bonds. The topological polar surface area (TPSA) is 111 Å². The van der Waals surface area contributed by atoms with E-state index in [1.807, 2.05) is 6.92 Å². The fourth-order valence-corrected chi connectivity index (χ4v) is 5.58. The van der Waals surface area contributed by atoms with Gasteiger partial charge in [0.1, 0.15) is 16.7 Å². The van der Waals surface area contributed by atoms with Crippen LogP contribution in [-0.4, -0.2) is 67.5 Å². The van der Waals surface area contributed by atoms with Gasteiger partial charge in [0.05, 0.1) is 24.8 Å². The largest absolute Gasteiger partial charge is 0.487 e. The van der Waals surface area contributed by atoms with E-state index in [2.05, 4.69) is 6.07 Å². The molecule has 1 aliphatic heterocycles. The van der Waals surface area contributed by atoms with Gasteiger partial charge in [-0.05, 0) is 42.3 Å². The number of ether oxygens (including phenoxy) is 1. The Morgan fingerprint density at radius 1 is 1.27 bits per heavy atom. The minimum atomic E-state index is -3.94. The number of carbonyl (C=O) groups excluding carboxylic acids is 1. The molecule has 2 aromatic rings. The van der Waals surface area contributed by atoms with Crippen LogP contribution < -0.4 is 4.74 Å². The zero-order chi connectivity index (χ0) is 24.3. The van der Waals surface area contributed by atoms with Gasteiger partial charge in [0.25, 0.3) is 0 Å². The highest BCUT2D eigenvalue weighted by Gasteiger charge is 2.38. The lowest BCUT2D eigenvalue weighted by Gasteiger charge is -2.37. The standard InChI is InChI=1S/C24H29N3O5S/c1-16-13-27(17(2)15-28)33(30,31)24-10-9-21(20-7-5-19(12-25)6-8-20)11-22(24)32-23(16)14-26(4)18(3)29/h5-11,16-17,23,28H,13-15H2,1-4H3/t16-,17-,23-/m1/s1. The molecule has 0 aromatic heterocycles. The molecular formula is C24H29N3O5S. The fourth-order valence-electron chi connectivity index (χ4n) is 3.76. The molecule has 0 unspecified atom stereocenters. The number of carbonyl (C=O) groups is 1. The first-order valence-electron chi connectivity index (χ1n) is 10.7. The number of amides is 1. The molecular weight excluding hydrogens is 442 g/mol. The van der Waals surface area contributed by atoms with Gasteiger partial charge in [-0.3, -0.25) is 4.79 Å². The summed E-state index contributed by atoms with van der Waals surface area (Å²) in [4.78, 5) is 13.4. The van der Waals surface area contributed by atoms with Crippen LogP contribution in [0.2, 0.25) is 0 Å². The Labute approximate surface area is 195 Å². The molecule has 0 spiro atoms. The van der Waals surface area contributed by atoms with Crippen molar-refractivity contribution in [2.45, 2.75) is 37.8 Å². The lowest BCUT2D eigenvalue weighted by molar-refractivity contribution is -0.129. The molecule has 0 fully saturated rings. The Hall–Kier alpha value is -2.93. The van der Waals surface area contributed by atoms with Gasteiger partial charge < -0.3 is 14.7 Å². The average Bonchev–Trinajstić information content (AvgIpc) is 2.80. The van der Waals surface area contributed by atoms with E-state index in [-0.39, 0.29) is 35.6 Å². The van der Waals surface area contributed by atoms with Crippen molar-refractivity contribution >= 4 is 15.9 Å². The number of hydrogen-bond acceptors (Lipinski definition) is 6. The molecule has 33 heavy (non-hydrogen) atoms. The third-order valence-corrected chi connectivity index (χ3v) is 8.03. The number of aliphatic hydroxyl groups excluding tert-OH is 1. The summed E-state index contributed by atoms with van der Waals surface area (Å²) in [5.74, 6) is -0.171. The summed E-state index contributed by atoms with van der Waals surface area (Å²) in [5, 5.41) is 18.8. The first kappa shape index (κ1) is 24.7. The maximum Gasteiger partial charge on any atom is 0.247 e. The molecule has 0 bridgehead atoms. The van der Waals surface area contributed by atoms with E-state index in [4.69, 9.17) is 10.00 Å². The number of nitriles is 1. The summed E-state index contributed by atoms with van der Waals surface area (Å²) in [6, 6.07) is 13.3. The maximum absolute atomic E-state index is 13.5. The number of likely N-dealkylation sites (N-methyl/N-ethyl adjacent to an activating group) is 1. The summed E-state index contributed by atoms with van der Waals surface area (Å²) in [7, 11) is -2.26. The molecule has 0 saturated heterocycles. The summed E-state index contributed by atoms with van der Waals surface area (Å²) in [5.41, 5.74) is 2.08. The molecule has 0 radical (unpaired) electrons. The molecule has 1 heterocycles. The smallest absolute Gasteiger partial charge is 0.247 e. The average molecular weight is 472 g/mol. The van der Waals surface area contributed by atoms with Gasteiger partial charge in [-0.15, -0.1) is 0 Å². The first-order valence-corrected chi connectivity index (χ1v) is 12.2. The Kier molecular flexibility index (Phi) is 7.42. The molecule has 1 aliphatic rings. The number of nitrogens with zero attached hydrogens (tertiary/aromatic N) is 3. The minimum Gasteiger partial charge on any atom is -0.487 e. The number of benzene rings is 2. The number of rotatable bonds is 5. The van der Waals surface area contributed by atoms with Crippen LogP contribution in [0.25, 0.3) is 11.1 Å². The first-order chi connectivity index (χ1) is 15.6. The van der Waals surface area contributed by atoms with E-state index in [0.29, 0.717) is 12.1 Å². The summed E-state index contributed by atoms with van der Waals surface area (Å²) >= 11 is 0. The monoisotopic (exact) mass is 471 g/mol. The molecule has 3 atom stereocenters. The van der Waals surface area contributed by atoms with Crippen LogP contribution in [0.4, 0.5) is 0 Å². The van der Waals surface area contributed by atoms with E-state index in [0.717, 1.165) is 11.1 Å². The Bertz CT molecular complexity index is 1160. The summed E-state index contributed by atoms with van der Waals surface area (Å²) in [6.07, 6.45) is -0.460.